The number of hydrogen-bond donors (Lipinski definition) is 1. The number of rotatable bonds is 4. The van der Waals surface area contributed by atoms with Gasteiger partial charge in [-0.25, -0.2) is 13.6 Å². The summed E-state index contributed by atoms with van der Waals surface area (Å²) in [6, 6.07) is 5.69. The van der Waals surface area contributed by atoms with E-state index in [1.165, 1.54) is 0 Å². The van der Waals surface area contributed by atoms with Crippen molar-refractivity contribution in [3.8, 4) is 0 Å². The summed E-state index contributed by atoms with van der Waals surface area (Å²) in [7, 11) is 0. The van der Waals surface area contributed by atoms with Crippen LogP contribution in [0.2, 0.25) is 0 Å². The Balaban J connectivity index is 2.16. The number of halogens is 2. The Morgan fingerprint density at radius 1 is 1.41 bits per heavy atom. The van der Waals surface area contributed by atoms with E-state index in [9.17, 15) is 13.6 Å². The van der Waals surface area contributed by atoms with Crippen LogP contribution in [0.15, 0.2) is 18.2 Å². The molecule has 22 heavy (non-hydrogen) atoms. The van der Waals surface area contributed by atoms with Crippen LogP contribution >= 0.6 is 0 Å². The number of carbonyl (C=O) groups excluding carboxylic acids is 1. The predicted molar refractivity (Wildman–Crippen MR) is 81.4 cm³/mol. The smallest absolute Gasteiger partial charge is 0.414 e. The van der Waals surface area contributed by atoms with E-state index in [0.29, 0.717) is 13.1 Å². The van der Waals surface area contributed by atoms with Crippen LogP contribution in [0.4, 0.5) is 19.3 Å². The van der Waals surface area contributed by atoms with Gasteiger partial charge in [-0.1, -0.05) is 18.2 Å². The number of nitrogens with one attached hydrogen (secondary N) is 1. The Bertz CT molecular complexity index is 541. The number of hydrogen-bond acceptors (Lipinski definition) is 3. The summed E-state index contributed by atoms with van der Waals surface area (Å²) in [4.78, 5) is 13.9. The first-order valence-electron chi connectivity index (χ1n) is 7.38. The van der Waals surface area contributed by atoms with E-state index >= 15 is 0 Å². The number of fused-ring (bicyclic) bond motifs is 1. The van der Waals surface area contributed by atoms with Gasteiger partial charge in [0.15, 0.2) is 0 Å². The highest BCUT2D eigenvalue weighted by Crippen LogP contribution is 2.33. The summed E-state index contributed by atoms with van der Waals surface area (Å²) in [6.45, 7) is 5.94. The van der Waals surface area contributed by atoms with Crippen LogP contribution in [0.1, 0.15) is 31.9 Å². The van der Waals surface area contributed by atoms with Gasteiger partial charge in [-0.15, -0.1) is 0 Å². The quantitative estimate of drug-likeness (QED) is 0.927. The Morgan fingerprint density at radius 2 is 2.14 bits per heavy atom. The van der Waals surface area contributed by atoms with E-state index in [-0.39, 0.29) is 6.54 Å². The summed E-state index contributed by atoms with van der Waals surface area (Å²) in [5.41, 5.74) is 2.10. The monoisotopic (exact) mass is 312 g/mol. The molecule has 0 unspecified atom stereocenters. The van der Waals surface area contributed by atoms with E-state index in [4.69, 9.17) is 4.74 Å². The molecule has 1 aromatic rings. The molecule has 0 aliphatic carbocycles. The van der Waals surface area contributed by atoms with Gasteiger partial charge in [0.2, 0.25) is 0 Å². The predicted octanol–water partition coefficient (Wildman–Crippen LogP) is 3.34. The number of carbonyl (C=O) groups is 1. The lowest BCUT2D eigenvalue weighted by atomic mass is 10.1. The molecule has 0 radical (unpaired) electrons. The SMILES string of the molecule is CC(C)(C)OC(=O)N1CCc2cccc(CNCC(F)F)c21. The second-order valence-electron chi connectivity index (χ2n) is 6.33. The van der Waals surface area contributed by atoms with Crippen molar-refractivity contribution in [2.24, 2.45) is 0 Å². The van der Waals surface area contributed by atoms with Crippen molar-refractivity contribution in [1.29, 1.82) is 0 Å². The number of amides is 1. The fraction of sp³-hybridized carbons (Fsp3) is 0.562. The van der Waals surface area contributed by atoms with Gasteiger partial charge in [-0.2, -0.15) is 0 Å². The summed E-state index contributed by atoms with van der Waals surface area (Å²) in [5, 5.41) is 2.71. The lowest BCUT2D eigenvalue weighted by Gasteiger charge is -2.26. The van der Waals surface area contributed by atoms with E-state index in [2.05, 4.69) is 5.32 Å². The molecule has 1 aromatic carbocycles. The van der Waals surface area contributed by atoms with E-state index in [0.717, 1.165) is 23.2 Å². The third-order valence-corrected chi connectivity index (χ3v) is 3.31. The molecule has 6 heteroatoms. The molecule has 1 aliphatic heterocycles. The van der Waals surface area contributed by atoms with Crippen molar-refractivity contribution < 1.29 is 18.3 Å². The molecular weight excluding hydrogens is 290 g/mol. The minimum absolute atomic E-state index is 0.298. The summed E-state index contributed by atoms with van der Waals surface area (Å²) in [6.07, 6.45) is -2.04. The van der Waals surface area contributed by atoms with Crippen LogP contribution < -0.4 is 10.2 Å². The Hall–Kier alpha value is -1.69. The molecule has 0 saturated heterocycles. The topological polar surface area (TPSA) is 41.6 Å². The molecule has 0 fully saturated rings. The average molecular weight is 312 g/mol. The van der Waals surface area contributed by atoms with Crippen LogP contribution in [-0.2, 0) is 17.7 Å². The van der Waals surface area contributed by atoms with Crippen molar-refractivity contribution in [1.82, 2.24) is 5.32 Å². The van der Waals surface area contributed by atoms with E-state index in [1.54, 1.807) is 4.90 Å². The highest BCUT2D eigenvalue weighted by Gasteiger charge is 2.30. The minimum Gasteiger partial charge on any atom is -0.443 e. The number of ether oxygens (including phenoxy) is 1. The van der Waals surface area contributed by atoms with Crippen LogP contribution in [-0.4, -0.2) is 31.2 Å². The van der Waals surface area contributed by atoms with Gasteiger partial charge in [0, 0.05) is 13.1 Å². The minimum atomic E-state index is -2.39. The molecule has 0 saturated carbocycles. The second-order valence-corrected chi connectivity index (χ2v) is 6.33. The van der Waals surface area contributed by atoms with Crippen LogP contribution in [0.25, 0.3) is 0 Å². The van der Waals surface area contributed by atoms with Gasteiger partial charge in [-0.3, -0.25) is 4.90 Å². The molecule has 0 bridgehead atoms. The molecule has 1 heterocycles. The molecule has 1 aliphatic rings. The van der Waals surface area contributed by atoms with Gasteiger partial charge in [-0.05, 0) is 38.3 Å². The molecule has 1 N–H and O–H groups in total. The number of para-hydroxylation sites is 1. The molecule has 0 aromatic heterocycles. The molecule has 122 valence electrons. The normalized spacial score (nSPS) is 14.4. The molecule has 4 nitrogen and oxygen atoms in total. The van der Waals surface area contributed by atoms with Crippen molar-refractivity contribution in [3.63, 3.8) is 0 Å². The highest BCUT2D eigenvalue weighted by atomic mass is 19.3. The van der Waals surface area contributed by atoms with Gasteiger partial charge in [0.1, 0.15) is 5.60 Å². The summed E-state index contributed by atoms with van der Waals surface area (Å²) >= 11 is 0. The molecule has 1 amide bonds. The zero-order valence-electron chi connectivity index (χ0n) is 13.2. The third kappa shape index (κ3) is 4.16. The molecule has 2 rings (SSSR count). The Labute approximate surface area is 129 Å². The Kier molecular flexibility index (Phi) is 5.01. The molecule has 0 spiro atoms. The lowest BCUT2D eigenvalue weighted by molar-refractivity contribution is 0.0583. The van der Waals surface area contributed by atoms with Crippen LogP contribution in [0.3, 0.4) is 0 Å². The molecular formula is C16H22F2N2O2. The highest BCUT2D eigenvalue weighted by molar-refractivity contribution is 5.91. The van der Waals surface area contributed by atoms with Gasteiger partial charge >= 0.3 is 6.09 Å². The lowest BCUT2D eigenvalue weighted by Crippen LogP contribution is -2.36. The zero-order chi connectivity index (χ0) is 16.3. The first-order valence-corrected chi connectivity index (χ1v) is 7.38. The maximum atomic E-state index is 12.3. The first-order chi connectivity index (χ1) is 10.3. The van der Waals surface area contributed by atoms with Crippen molar-refractivity contribution in [3.05, 3.63) is 29.3 Å². The summed E-state index contributed by atoms with van der Waals surface area (Å²) < 4.78 is 29.9. The zero-order valence-corrected chi connectivity index (χ0v) is 13.2. The van der Waals surface area contributed by atoms with Crippen molar-refractivity contribution >= 4 is 11.8 Å². The fourth-order valence-electron chi connectivity index (χ4n) is 2.50. The number of anilines is 1. The standard InChI is InChI=1S/C16H22F2N2O2/c1-16(2,3)22-15(21)20-8-7-11-5-4-6-12(14(11)20)9-19-10-13(17)18/h4-6,13,19H,7-10H2,1-3H3. The van der Waals surface area contributed by atoms with Crippen LogP contribution in [0, 0.1) is 0 Å². The average Bonchev–Trinajstić information content (AvgIpc) is 2.81. The van der Waals surface area contributed by atoms with E-state index in [1.807, 2.05) is 39.0 Å². The van der Waals surface area contributed by atoms with Crippen molar-refractivity contribution in [2.75, 3.05) is 18.0 Å². The Morgan fingerprint density at radius 3 is 2.77 bits per heavy atom. The van der Waals surface area contributed by atoms with Crippen LogP contribution in [0.5, 0.6) is 0 Å². The first kappa shape index (κ1) is 16.7. The fourth-order valence-corrected chi connectivity index (χ4v) is 2.50. The largest absolute Gasteiger partial charge is 0.443 e. The van der Waals surface area contributed by atoms with Gasteiger partial charge < -0.3 is 10.1 Å². The third-order valence-electron chi connectivity index (χ3n) is 3.31. The van der Waals surface area contributed by atoms with Gasteiger partial charge in [0.05, 0.1) is 12.2 Å². The van der Waals surface area contributed by atoms with E-state index < -0.39 is 18.1 Å². The molecule has 0 atom stereocenters. The number of benzene rings is 1. The van der Waals surface area contributed by atoms with Crippen molar-refractivity contribution in [2.45, 2.75) is 45.8 Å². The second kappa shape index (κ2) is 6.60. The maximum absolute atomic E-state index is 12.3. The number of alkyl halides is 2. The van der Waals surface area contributed by atoms with Gasteiger partial charge in [0.25, 0.3) is 6.43 Å². The summed E-state index contributed by atoms with van der Waals surface area (Å²) in [5.74, 6) is 0. The number of nitrogens with zero attached hydrogens (tertiary/aromatic N) is 1. The maximum Gasteiger partial charge on any atom is 0.414 e.